The van der Waals surface area contributed by atoms with E-state index in [0.717, 1.165) is 12.6 Å². The minimum Gasteiger partial charge on any atom is -0.339 e. The van der Waals surface area contributed by atoms with Gasteiger partial charge in [0.05, 0.1) is 15.6 Å². The van der Waals surface area contributed by atoms with Crippen molar-refractivity contribution in [1.82, 2.24) is 9.03 Å². The van der Waals surface area contributed by atoms with Crippen LogP contribution in [0.5, 0.6) is 0 Å². The molecule has 202 valence electrons. The van der Waals surface area contributed by atoms with Crippen molar-refractivity contribution in [3.8, 4) is 11.1 Å². The van der Waals surface area contributed by atoms with Crippen LogP contribution in [0.25, 0.3) is 11.1 Å². The number of carbonyl (C=O) groups excluding carboxylic acids is 1. The smallest absolute Gasteiger partial charge is 0.264 e. The highest BCUT2D eigenvalue weighted by molar-refractivity contribution is 7.90. The lowest BCUT2D eigenvalue weighted by atomic mass is 10.0. The fourth-order valence-corrected chi connectivity index (χ4v) is 7.51. The third kappa shape index (κ3) is 5.58. The number of sulfonamides is 2. The highest BCUT2D eigenvalue weighted by Gasteiger charge is 2.38. The summed E-state index contributed by atoms with van der Waals surface area (Å²) in [6, 6.07) is 18.2. The predicted molar refractivity (Wildman–Crippen MR) is 150 cm³/mol. The van der Waals surface area contributed by atoms with Gasteiger partial charge in [0.1, 0.15) is 4.90 Å². The number of nitrogens with zero attached hydrogens (tertiary/aromatic N) is 2. The van der Waals surface area contributed by atoms with Gasteiger partial charge < -0.3 is 4.90 Å². The Labute approximate surface area is 229 Å². The van der Waals surface area contributed by atoms with Crippen molar-refractivity contribution in [3.05, 3.63) is 71.8 Å². The first-order valence-corrected chi connectivity index (χ1v) is 15.4. The summed E-state index contributed by atoms with van der Waals surface area (Å²) in [6.45, 7) is 5.66. The Morgan fingerprint density at radius 3 is 2.39 bits per heavy atom. The molecule has 0 fully saturated rings. The van der Waals surface area contributed by atoms with Crippen molar-refractivity contribution in [2.45, 2.75) is 43.0 Å². The first kappa shape index (κ1) is 28.1. The number of hydrogen-bond donors (Lipinski definition) is 1. The molecule has 11 heteroatoms. The van der Waals surface area contributed by atoms with Gasteiger partial charge in [-0.25, -0.2) is 21.6 Å². The molecule has 1 amide bonds. The van der Waals surface area contributed by atoms with Gasteiger partial charge in [0.2, 0.25) is 15.9 Å². The summed E-state index contributed by atoms with van der Waals surface area (Å²) in [6.07, 6.45) is 0.663. The van der Waals surface area contributed by atoms with Gasteiger partial charge in [-0.05, 0) is 54.3 Å². The van der Waals surface area contributed by atoms with E-state index in [2.05, 4.69) is 13.8 Å². The zero-order valence-electron chi connectivity index (χ0n) is 21.5. The normalized spacial score (nSPS) is 17.6. The van der Waals surface area contributed by atoms with E-state index in [0.29, 0.717) is 29.8 Å². The first-order chi connectivity index (χ1) is 17.8. The molecule has 1 aliphatic rings. The third-order valence-corrected chi connectivity index (χ3v) is 10.1. The number of hydrogen-bond acceptors (Lipinski definition) is 6. The van der Waals surface area contributed by atoms with Crippen LogP contribution in [0.4, 0.5) is 11.4 Å². The molecule has 0 saturated heterocycles. The second-order valence-corrected chi connectivity index (χ2v) is 13.8. The molecule has 0 unspecified atom stereocenters. The molecule has 1 N–H and O–H groups in total. The second-order valence-electron chi connectivity index (χ2n) is 9.74. The van der Waals surface area contributed by atoms with Crippen molar-refractivity contribution in [2.24, 2.45) is 5.92 Å². The van der Waals surface area contributed by atoms with Crippen molar-refractivity contribution in [2.75, 3.05) is 18.5 Å². The highest BCUT2D eigenvalue weighted by atomic mass is 35.5. The van der Waals surface area contributed by atoms with Crippen LogP contribution >= 0.6 is 11.6 Å². The molecule has 3 aromatic carbocycles. The third-order valence-electron chi connectivity index (χ3n) is 6.45. The molecule has 1 aliphatic heterocycles. The summed E-state index contributed by atoms with van der Waals surface area (Å²) < 4.78 is 56.4. The van der Waals surface area contributed by atoms with E-state index in [9.17, 15) is 21.6 Å². The Bertz CT molecular complexity index is 1580. The molecule has 0 aliphatic carbocycles. The Morgan fingerprint density at radius 1 is 1.08 bits per heavy atom. The van der Waals surface area contributed by atoms with Crippen LogP contribution in [0.1, 0.15) is 27.2 Å². The minimum absolute atomic E-state index is 0.0737. The molecule has 8 nitrogen and oxygen atoms in total. The Morgan fingerprint density at radius 2 is 1.76 bits per heavy atom. The van der Waals surface area contributed by atoms with Crippen molar-refractivity contribution >= 4 is 48.9 Å². The Hall–Kier alpha value is -2.92. The van der Waals surface area contributed by atoms with E-state index in [4.69, 9.17) is 11.6 Å². The van der Waals surface area contributed by atoms with Crippen molar-refractivity contribution in [3.63, 3.8) is 0 Å². The maximum atomic E-state index is 13.9. The van der Waals surface area contributed by atoms with Crippen LogP contribution in [-0.2, 0) is 24.8 Å². The SMILES string of the molecule is CC(=O)NS(=O)(=O)c1cccc(-c2cc3c(cc2Cl)N(c2ccccc2)C[C@@H](CC(C)C)N(C)S3(=O)=O)c1. The van der Waals surface area contributed by atoms with Gasteiger partial charge >= 0.3 is 0 Å². The summed E-state index contributed by atoms with van der Waals surface area (Å²) in [5.74, 6) is -0.450. The number of nitrogens with one attached hydrogen (secondary N) is 1. The lowest BCUT2D eigenvalue weighted by Crippen LogP contribution is -2.41. The van der Waals surface area contributed by atoms with E-state index in [1.54, 1.807) is 19.2 Å². The molecule has 0 spiro atoms. The Kier molecular flexibility index (Phi) is 7.90. The largest absolute Gasteiger partial charge is 0.339 e. The first-order valence-electron chi connectivity index (χ1n) is 12.1. The molecule has 0 aromatic heterocycles. The monoisotopic (exact) mass is 575 g/mol. The maximum Gasteiger partial charge on any atom is 0.264 e. The number of para-hydroxylation sites is 1. The lowest BCUT2D eigenvalue weighted by Gasteiger charge is -2.30. The molecule has 1 heterocycles. The molecule has 0 bridgehead atoms. The van der Waals surface area contributed by atoms with Gasteiger partial charge in [-0.2, -0.15) is 4.31 Å². The molecule has 4 rings (SSSR count). The fraction of sp³-hybridized carbons (Fsp3) is 0.296. The zero-order chi connectivity index (χ0) is 27.8. The van der Waals surface area contributed by atoms with Crippen LogP contribution < -0.4 is 9.62 Å². The average molecular weight is 576 g/mol. The molecule has 3 aromatic rings. The number of carbonyl (C=O) groups is 1. The van der Waals surface area contributed by atoms with Crippen molar-refractivity contribution in [1.29, 1.82) is 0 Å². The van der Waals surface area contributed by atoms with Gasteiger partial charge in [0, 0.05) is 37.8 Å². The minimum atomic E-state index is -4.10. The Balaban J connectivity index is 1.93. The van der Waals surface area contributed by atoms with Gasteiger partial charge in [-0.1, -0.05) is 55.8 Å². The molecule has 38 heavy (non-hydrogen) atoms. The average Bonchev–Trinajstić information content (AvgIpc) is 2.92. The molecule has 0 saturated carbocycles. The summed E-state index contributed by atoms with van der Waals surface area (Å²) in [5, 5.41) is 0.263. The topological polar surface area (TPSA) is 104 Å². The van der Waals surface area contributed by atoms with E-state index in [-0.39, 0.29) is 26.8 Å². The summed E-state index contributed by atoms with van der Waals surface area (Å²) in [4.78, 5) is 13.3. The number of fused-ring (bicyclic) bond motifs is 1. The van der Waals surface area contributed by atoms with Gasteiger partial charge in [0.25, 0.3) is 10.0 Å². The highest BCUT2D eigenvalue weighted by Crippen LogP contribution is 2.43. The van der Waals surface area contributed by atoms with Crippen LogP contribution in [0.15, 0.2) is 76.5 Å². The standard InChI is InChI=1S/C27H30ClN3O5S2/c1-18(2)13-22-17-31(21-10-6-5-7-11-21)26-16-25(28)24(15-27(26)38(35,36)30(22)4)20-9-8-12-23(14-20)37(33,34)29-19(3)32/h5-12,14-16,18,22H,13,17H2,1-4H3,(H,29,32)/t22-/m1/s1. The quantitative estimate of drug-likeness (QED) is 0.443. The molecular formula is C27H30ClN3O5S2. The summed E-state index contributed by atoms with van der Waals surface area (Å²) in [5.41, 5.74) is 2.04. The van der Waals surface area contributed by atoms with E-state index in [1.807, 2.05) is 40.0 Å². The fourth-order valence-electron chi connectivity index (χ4n) is 4.66. The number of amides is 1. The summed E-state index contributed by atoms with van der Waals surface area (Å²) in [7, 11) is -6.44. The van der Waals surface area contributed by atoms with Crippen LogP contribution in [0.3, 0.4) is 0 Å². The van der Waals surface area contributed by atoms with Crippen LogP contribution in [0.2, 0.25) is 5.02 Å². The number of likely N-dealkylation sites (N-methyl/N-ethyl adjacent to an activating group) is 1. The van der Waals surface area contributed by atoms with E-state index >= 15 is 0 Å². The van der Waals surface area contributed by atoms with Gasteiger partial charge in [-0.3, -0.25) is 4.79 Å². The van der Waals surface area contributed by atoms with Gasteiger partial charge in [-0.15, -0.1) is 0 Å². The number of anilines is 2. The zero-order valence-corrected chi connectivity index (χ0v) is 23.9. The molecule has 0 radical (unpaired) electrons. The number of rotatable bonds is 6. The van der Waals surface area contributed by atoms with Crippen molar-refractivity contribution < 1.29 is 21.6 Å². The van der Waals surface area contributed by atoms with E-state index in [1.165, 1.54) is 28.6 Å². The van der Waals surface area contributed by atoms with Crippen LogP contribution in [-0.4, -0.2) is 46.7 Å². The predicted octanol–water partition coefficient (Wildman–Crippen LogP) is 5.02. The number of halogens is 1. The second kappa shape index (κ2) is 10.7. The maximum absolute atomic E-state index is 13.9. The van der Waals surface area contributed by atoms with E-state index < -0.39 is 26.0 Å². The lowest BCUT2D eigenvalue weighted by molar-refractivity contribution is -0.117. The summed E-state index contributed by atoms with van der Waals surface area (Å²) >= 11 is 6.75. The molecular weight excluding hydrogens is 546 g/mol. The van der Waals surface area contributed by atoms with Gasteiger partial charge in [0.15, 0.2) is 0 Å². The number of benzene rings is 3. The van der Waals surface area contributed by atoms with Crippen LogP contribution in [0, 0.1) is 5.92 Å². The molecule has 1 atom stereocenters.